The van der Waals surface area contributed by atoms with Gasteiger partial charge < -0.3 is 5.73 Å². The van der Waals surface area contributed by atoms with E-state index in [2.05, 4.69) is 16.3 Å². The molecule has 0 aliphatic carbocycles. The van der Waals surface area contributed by atoms with Crippen molar-refractivity contribution in [2.75, 3.05) is 0 Å². The number of hydrogen-bond acceptors (Lipinski definition) is 3. The zero-order valence-corrected chi connectivity index (χ0v) is 9.94. The predicted molar refractivity (Wildman–Crippen MR) is 61.9 cm³/mol. The first kappa shape index (κ1) is 10.9. The Balaban J connectivity index is 2.23. The molecule has 0 aliphatic heterocycles. The third-order valence-corrected chi connectivity index (χ3v) is 2.69. The zero-order valence-electron chi connectivity index (χ0n) is 9.94. The van der Waals surface area contributed by atoms with Crippen molar-refractivity contribution in [3.05, 3.63) is 34.9 Å². The Bertz CT molecular complexity index is 494. The standard InChI is InChI=1S/C11H17N5/c1-8-4-11(15(3)13-8)7-16-6-10(5-12)9(2)14-16/h4,6H,5,7,12H2,1-3H3. The molecule has 0 fully saturated rings. The van der Waals surface area contributed by atoms with Crippen molar-refractivity contribution in [3.8, 4) is 0 Å². The Hall–Kier alpha value is -1.62. The monoisotopic (exact) mass is 219 g/mol. The maximum atomic E-state index is 5.62. The van der Waals surface area contributed by atoms with Gasteiger partial charge in [0.25, 0.3) is 0 Å². The summed E-state index contributed by atoms with van der Waals surface area (Å²) in [6.45, 7) is 5.24. The van der Waals surface area contributed by atoms with Gasteiger partial charge in [0.05, 0.1) is 23.6 Å². The average molecular weight is 219 g/mol. The summed E-state index contributed by atoms with van der Waals surface area (Å²) in [5.74, 6) is 0. The fraction of sp³-hybridized carbons (Fsp3) is 0.455. The first-order chi connectivity index (χ1) is 7.60. The van der Waals surface area contributed by atoms with Gasteiger partial charge >= 0.3 is 0 Å². The molecule has 0 aromatic carbocycles. The van der Waals surface area contributed by atoms with E-state index in [-0.39, 0.29) is 0 Å². The van der Waals surface area contributed by atoms with E-state index in [0.717, 1.165) is 29.2 Å². The van der Waals surface area contributed by atoms with Gasteiger partial charge in [0, 0.05) is 25.4 Å². The van der Waals surface area contributed by atoms with E-state index in [1.54, 1.807) is 0 Å². The van der Waals surface area contributed by atoms with Crippen LogP contribution in [0, 0.1) is 13.8 Å². The van der Waals surface area contributed by atoms with Crippen LogP contribution in [0.15, 0.2) is 12.3 Å². The maximum absolute atomic E-state index is 5.62. The Morgan fingerprint density at radius 2 is 2.06 bits per heavy atom. The molecule has 0 atom stereocenters. The van der Waals surface area contributed by atoms with Gasteiger partial charge in [0.15, 0.2) is 0 Å². The Kier molecular flexibility index (Phi) is 2.78. The van der Waals surface area contributed by atoms with Crippen LogP contribution in [0.4, 0.5) is 0 Å². The molecule has 0 radical (unpaired) electrons. The summed E-state index contributed by atoms with van der Waals surface area (Å²) < 4.78 is 3.79. The maximum Gasteiger partial charge on any atom is 0.0828 e. The average Bonchev–Trinajstić information content (AvgIpc) is 2.71. The predicted octanol–water partition coefficient (Wildman–Crippen LogP) is 0.740. The number of rotatable bonds is 3. The van der Waals surface area contributed by atoms with Gasteiger partial charge in [-0.15, -0.1) is 0 Å². The molecule has 5 heteroatoms. The quantitative estimate of drug-likeness (QED) is 0.828. The topological polar surface area (TPSA) is 61.7 Å². The molecule has 0 saturated heterocycles. The highest BCUT2D eigenvalue weighted by Crippen LogP contribution is 2.08. The highest BCUT2D eigenvalue weighted by atomic mass is 15.3. The largest absolute Gasteiger partial charge is 0.326 e. The summed E-state index contributed by atoms with van der Waals surface area (Å²) in [7, 11) is 1.95. The lowest BCUT2D eigenvalue weighted by Gasteiger charge is -2.01. The van der Waals surface area contributed by atoms with E-state index in [9.17, 15) is 0 Å². The van der Waals surface area contributed by atoms with Crippen molar-refractivity contribution in [3.63, 3.8) is 0 Å². The van der Waals surface area contributed by atoms with Gasteiger partial charge in [-0.3, -0.25) is 9.36 Å². The molecule has 0 saturated carbocycles. The number of nitrogens with two attached hydrogens (primary N) is 1. The summed E-state index contributed by atoms with van der Waals surface area (Å²) in [5.41, 5.74) is 9.89. The summed E-state index contributed by atoms with van der Waals surface area (Å²) in [6.07, 6.45) is 2.00. The second-order valence-electron chi connectivity index (χ2n) is 4.04. The van der Waals surface area contributed by atoms with Crippen LogP contribution in [0.3, 0.4) is 0 Å². The van der Waals surface area contributed by atoms with E-state index in [4.69, 9.17) is 5.73 Å². The summed E-state index contributed by atoms with van der Waals surface area (Å²) in [5, 5.41) is 8.73. The first-order valence-corrected chi connectivity index (χ1v) is 5.32. The minimum absolute atomic E-state index is 0.538. The molecule has 0 unspecified atom stereocenters. The van der Waals surface area contributed by atoms with Gasteiger partial charge in [0.1, 0.15) is 0 Å². The van der Waals surface area contributed by atoms with Crippen LogP contribution in [0.1, 0.15) is 22.6 Å². The summed E-state index contributed by atoms with van der Waals surface area (Å²) in [4.78, 5) is 0. The van der Waals surface area contributed by atoms with E-state index in [1.807, 2.05) is 36.5 Å². The SMILES string of the molecule is Cc1cc(Cn2cc(CN)c(C)n2)n(C)n1. The van der Waals surface area contributed by atoms with E-state index in [1.165, 1.54) is 0 Å². The number of nitrogens with zero attached hydrogens (tertiary/aromatic N) is 4. The molecule has 16 heavy (non-hydrogen) atoms. The molecular weight excluding hydrogens is 202 g/mol. The van der Waals surface area contributed by atoms with Gasteiger partial charge in [0.2, 0.25) is 0 Å². The van der Waals surface area contributed by atoms with Gasteiger partial charge in [-0.05, 0) is 19.9 Å². The number of aryl methyl sites for hydroxylation is 3. The van der Waals surface area contributed by atoms with Crippen molar-refractivity contribution in [1.29, 1.82) is 0 Å². The minimum Gasteiger partial charge on any atom is -0.326 e. The van der Waals surface area contributed by atoms with E-state index in [0.29, 0.717) is 6.54 Å². The number of aromatic nitrogens is 4. The molecule has 2 N–H and O–H groups in total. The van der Waals surface area contributed by atoms with Gasteiger partial charge in [-0.1, -0.05) is 0 Å². The molecule has 5 nitrogen and oxygen atoms in total. The number of hydrogen-bond donors (Lipinski definition) is 1. The van der Waals surface area contributed by atoms with Crippen LogP contribution in [0.2, 0.25) is 0 Å². The Labute approximate surface area is 94.9 Å². The smallest absolute Gasteiger partial charge is 0.0828 e. The molecule has 2 aromatic rings. The zero-order chi connectivity index (χ0) is 11.7. The van der Waals surface area contributed by atoms with Crippen molar-refractivity contribution < 1.29 is 0 Å². The van der Waals surface area contributed by atoms with Crippen LogP contribution in [0.5, 0.6) is 0 Å². The molecule has 0 spiro atoms. The molecule has 2 aromatic heterocycles. The van der Waals surface area contributed by atoms with Crippen molar-refractivity contribution in [2.45, 2.75) is 26.9 Å². The molecule has 86 valence electrons. The highest BCUT2D eigenvalue weighted by molar-refractivity contribution is 5.16. The van der Waals surface area contributed by atoms with Crippen LogP contribution in [-0.4, -0.2) is 19.6 Å². The van der Waals surface area contributed by atoms with Gasteiger partial charge in [-0.25, -0.2) is 0 Å². The fourth-order valence-corrected chi connectivity index (χ4v) is 1.82. The second kappa shape index (κ2) is 4.09. The molecule has 0 aliphatic rings. The molecular formula is C11H17N5. The van der Waals surface area contributed by atoms with Gasteiger partial charge in [-0.2, -0.15) is 10.2 Å². The van der Waals surface area contributed by atoms with Crippen LogP contribution in [-0.2, 0) is 20.1 Å². The molecule has 2 rings (SSSR count). The highest BCUT2D eigenvalue weighted by Gasteiger charge is 2.06. The lowest BCUT2D eigenvalue weighted by Crippen LogP contribution is -2.06. The first-order valence-electron chi connectivity index (χ1n) is 5.32. The van der Waals surface area contributed by atoms with Crippen molar-refractivity contribution >= 4 is 0 Å². The minimum atomic E-state index is 0.538. The van der Waals surface area contributed by atoms with E-state index >= 15 is 0 Å². The molecule has 0 amide bonds. The third-order valence-electron chi connectivity index (χ3n) is 2.69. The Morgan fingerprint density at radius 1 is 1.31 bits per heavy atom. The normalized spacial score (nSPS) is 11.0. The van der Waals surface area contributed by atoms with E-state index < -0.39 is 0 Å². The van der Waals surface area contributed by atoms with Crippen LogP contribution in [0.25, 0.3) is 0 Å². The second-order valence-corrected chi connectivity index (χ2v) is 4.04. The Morgan fingerprint density at radius 3 is 2.56 bits per heavy atom. The molecule has 0 bridgehead atoms. The lowest BCUT2D eigenvalue weighted by molar-refractivity contribution is 0.615. The molecule has 2 heterocycles. The third kappa shape index (κ3) is 1.99. The van der Waals surface area contributed by atoms with Crippen LogP contribution < -0.4 is 5.73 Å². The van der Waals surface area contributed by atoms with Crippen molar-refractivity contribution in [1.82, 2.24) is 19.6 Å². The van der Waals surface area contributed by atoms with Crippen LogP contribution >= 0.6 is 0 Å². The summed E-state index contributed by atoms with van der Waals surface area (Å²) in [6, 6.07) is 2.07. The lowest BCUT2D eigenvalue weighted by atomic mass is 10.3. The fourth-order valence-electron chi connectivity index (χ4n) is 1.82. The van der Waals surface area contributed by atoms with Crippen molar-refractivity contribution in [2.24, 2.45) is 12.8 Å². The summed E-state index contributed by atoms with van der Waals surface area (Å²) >= 11 is 0.